The number of aromatic nitrogens is 2. The molecule has 2 aromatic heterocycles. The van der Waals surface area contributed by atoms with Crippen LogP contribution in [0.4, 0.5) is 5.13 Å². The molecule has 0 atom stereocenters. The zero-order valence-corrected chi connectivity index (χ0v) is 13.4. The van der Waals surface area contributed by atoms with Gasteiger partial charge < -0.3 is 4.42 Å². The summed E-state index contributed by atoms with van der Waals surface area (Å²) >= 11 is 2.94. The number of amides is 1. The van der Waals surface area contributed by atoms with Gasteiger partial charge in [0.05, 0.1) is 0 Å². The lowest BCUT2D eigenvalue weighted by atomic mass is 10.2. The van der Waals surface area contributed by atoms with Crippen LogP contribution in [0.25, 0.3) is 0 Å². The number of carbonyl (C=O) groups excluding carboxylic acids is 1. The van der Waals surface area contributed by atoms with Crippen molar-refractivity contribution in [2.75, 3.05) is 5.32 Å². The molecule has 0 aliphatic rings. The smallest absolute Gasteiger partial charge is 0.293 e. The minimum absolute atomic E-state index is 0.270. The highest BCUT2D eigenvalue weighted by molar-refractivity contribution is 8.00. The molecule has 0 bridgehead atoms. The summed E-state index contributed by atoms with van der Waals surface area (Å²) in [7, 11) is 0. The Labute approximate surface area is 135 Å². The van der Waals surface area contributed by atoms with Gasteiger partial charge >= 0.3 is 0 Å². The Hall–Kier alpha value is -2.12. The van der Waals surface area contributed by atoms with E-state index in [1.165, 1.54) is 16.9 Å². The van der Waals surface area contributed by atoms with Gasteiger partial charge in [-0.05, 0) is 24.6 Å². The number of hydrogen-bond donors (Lipinski definition) is 1. The highest BCUT2D eigenvalue weighted by atomic mass is 32.2. The molecule has 0 spiro atoms. The zero-order chi connectivity index (χ0) is 15.4. The molecule has 0 unspecified atom stereocenters. The van der Waals surface area contributed by atoms with Gasteiger partial charge in [0.1, 0.15) is 5.76 Å². The quantitative estimate of drug-likeness (QED) is 0.565. The second-order valence-corrected chi connectivity index (χ2v) is 6.71. The van der Waals surface area contributed by atoms with Crippen LogP contribution in [0.15, 0.2) is 51.2 Å². The first-order valence-electron chi connectivity index (χ1n) is 6.59. The monoisotopic (exact) mass is 331 g/mol. The standard InChI is InChI=1S/C15H13N3O2S2/c1-10-7-8-12(20-10)13(19)16-14-17-18-15(22-14)21-9-11-5-3-2-4-6-11/h2-8H,9H2,1H3,(H,16,17,19). The molecule has 0 saturated carbocycles. The molecule has 0 radical (unpaired) electrons. The average Bonchev–Trinajstić information content (AvgIpc) is 3.15. The highest BCUT2D eigenvalue weighted by Gasteiger charge is 2.13. The molecule has 0 aliphatic carbocycles. The van der Waals surface area contributed by atoms with Crippen LogP contribution < -0.4 is 5.32 Å². The molecule has 1 N–H and O–H groups in total. The largest absolute Gasteiger partial charge is 0.456 e. The van der Waals surface area contributed by atoms with E-state index in [2.05, 4.69) is 27.6 Å². The van der Waals surface area contributed by atoms with Gasteiger partial charge in [-0.3, -0.25) is 10.1 Å². The van der Waals surface area contributed by atoms with Crippen molar-refractivity contribution in [2.45, 2.75) is 17.0 Å². The fraction of sp³-hybridized carbons (Fsp3) is 0.133. The SMILES string of the molecule is Cc1ccc(C(=O)Nc2nnc(SCc3ccccc3)s2)o1. The number of carbonyl (C=O) groups is 1. The summed E-state index contributed by atoms with van der Waals surface area (Å²) in [6.07, 6.45) is 0. The molecule has 112 valence electrons. The number of rotatable bonds is 5. The van der Waals surface area contributed by atoms with E-state index in [4.69, 9.17) is 4.42 Å². The van der Waals surface area contributed by atoms with Crippen molar-refractivity contribution in [3.8, 4) is 0 Å². The molecule has 5 nitrogen and oxygen atoms in total. The van der Waals surface area contributed by atoms with E-state index in [1.807, 2.05) is 18.2 Å². The number of aryl methyl sites for hydroxylation is 1. The van der Waals surface area contributed by atoms with Gasteiger partial charge in [-0.1, -0.05) is 53.4 Å². The Balaban J connectivity index is 1.58. The van der Waals surface area contributed by atoms with E-state index < -0.39 is 0 Å². The predicted molar refractivity (Wildman–Crippen MR) is 87.3 cm³/mol. The van der Waals surface area contributed by atoms with Crippen molar-refractivity contribution in [2.24, 2.45) is 0 Å². The first-order chi connectivity index (χ1) is 10.7. The molecule has 1 amide bonds. The summed E-state index contributed by atoms with van der Waals surface area (Å²) in [5, 5.41) is 11.2. The Kier molecular flexibility index (Phi) is 4.55. The van der Waals surface area contributed by atoms with E-state index >= 15 is 0 Å². The van der Waals surface area contributed by atoms with Crippen LogP contribution in [0, 0.1) is 6.92 Å². The number of thioether (sulfide) groups is 1. The van der Waals surface area contributed by atoms with Crippen molar-refractivity contribution in [1.29, 1.82) is 0 Å². The topological polar surface area (TPSA) is 68.0 Å². The van der Waals surface area contributed by atoms with E-state index in [9.17, 15) is 4.79 Å². The van der Waals surface area contributed by atoms with Crippen LogP contribution in [0.3, 0.4) is 0 Å². The highest BCUT2D eigenvalue weighted by Crippen LogP contribution is 2.28. The van der Waals surface area contributed by atoms with E-state index in [0.29, 0.717) is 10.9 Å². The number of hydrogen-bond acceptors (Lipinski definition) is 6. The number of furan rings is 1. The molecule has 0 saturated heterocycles. The molecule has 1 aromatic carbocycles. The van der Waals surface area contributed by atoms with Crippen LogP contribution >= 0.6 is 23.1 Å². The molecule has 0 aliphatic heterocycles. The van der Waals surface area contributed by atoms with Crippen molar-refractivity contribution < 1.29 is 9.21 Å². The van der Waals surface area contributed by atoms with Crippen molar-refractivity contribution >= 4 is 34.1 Å². The Bertz CT molecular complexity index is 768. The first-order valence-corrected chi connectivity index (χ1v) is 8.39. The van der Waals surface area contributed by atoms with Crippen LogP contribution in [0.2, 0.25) is 0 Å². The third kappa shape index (κ3) is 3.75. The molecule has 7 heteroatoms. The summed E-state index contributed by atoms with van der Waals surface area (Å²) in [6, 6.07) is 13.5. The van der Waals surface area contributed by atoms with Gasteiger partial charge in [-0.25, -0.2) is 0 Å². The predicted octanol–water partition coefficient (Wildman–Crippen LogP) is 3.98. The van der Waals surface area contributed by atoms with Crippen molar-refractivity contribution in [3.63, 3.8) is 0 Å². The normalized spacial score (nSPS) is 10.6. The molecular weight excluding hydrogens is 318 g/mol. The van der Waals surface area contributed by atoms with Gasteiger partial charge in [-0.2, -0.15) is 0 Å². The summed E-state index contributed by atoms with van der Waals surface area (Å²) < 4.78 is 6.08. The van der Waals surface area contributed by atoms with Crippen LogP contribution in [-0.2, 0) is 5.75 Å². The lowest BCUT2D eigenvalue weighted by Crippen LogP contribution is -2.10. The lowest BCUT2D eigenvalue weighted by Gasteiger charge is -1.97. The van der Waals surface area contributed by atoms with Crippen LogP contribution in [0.1, 0.15) is 21.9 Å². The molecule has 0 fully saturated rings. The Morgan fingerprint density at radius 2 is 2.05 bits per heavy atom. The van der Waals surface area contributed by atoms with Gasteiger partial charge in [0, 0.05) is 5.75 Å². The zero-order valence-electron chi connectivity index (χ0n) is 11.8. The number of nitrogens with one attached hydrogen (secondary N) is 1. The molecular formula is C15H13N3O2S2. The van der Waals surface area contributed by atoms with E-state index in [0.717, 1.165) is 10.1 Å². The Morgan fingerprint density at radius 1 is 1.23 bits per heavy atom. The molecule has 3 aromatic rings. The Morgan fingerprint density at radius 3 is 2.77 bits per heavy atom. The summed E-state index contributed by atoms with van der Waals surface area (Å²) in [5.41, 5.74) is 1.22. The van der Waals surface area contributed by atoms with Crippen LogP contribution in [-0.4, -0.2) is 16.1 Å². The third-order valence-corrected chi connectivity index (χ3v) is 4.84. The second-order valence-electron chi connectivity index (χ2n) is 4.51. The minimum Gasteiger partial charge on any atom is -0.456 e. The summed E-state index contributed by atoms with van der Waals surface area (Å²) in [6.45, 7) is 1.79. The summed E-state index contributed by atoms with van der Waals surface area (Å²) in [4.78, 5) is 11.9. The maximum absolute atomic E-state index is 11.9. The number of anilines is 1. The average molecular weight is 331 g/mol. The van der Waals surface area contributed by atoms with Crippen molar-refractivity contribution in [3.05, 3.63) is 59.5 Å². The summed E-state index contributed by atoms with van der Waals surface area (Å²) in [5.74, 6) is 1.47. The van der Waals surface area contributed by atoms with Crippen molar-refractivity contribution in [1.82, 2.24) is 10.2 Å². The third-order valence-electron chi connectivity index (χ3n) is 2.80. The van der Waals surface area contributed by atoms with Gasteiger partial charge in [0.25, 0.3) is 5.91 Å². The first kappa shape index (κ1) is 14.8. The number of benzene rings is 1. The fourth-order valence-corrected chi connectivity index (χ4v) is 3.46. The number of nitrogens with zero attached hydrogens (tertiary/aromatic N) is 2. The van der Waals surface area contributed by atoms with Gasteiger partial charge in [0.15, 0.2) is 10.1 Å². The maximum atomic E-state index is 11.9. The van der Waals surface area contributed by atoms with E-state index in [-0.39, 0.29) is 11.7 Å². The second kappa shape index (κ2) is 6.76. The molecule has 2 heterocycles. The fourth-order valence-electron chi connectivity index (χ4n) is 1.75. The minimum atomic E-state index is -0.316. The maximum Gasteiger partial charge on any atom is 0.293 e. The van der Waals surface area contributed by atoms with Crippen LogP contribution in [0.5, 0.6) is 0 Å². The van der Waals surface area contributed by atoms with E-state index in [1.54, 1.807) is 30.8 Å². The molecule has 3 rings (SSSR count). The van der Waals surface area contributed by atoms with Gasteiger partial charge in [0.2, 0.25) is 5.13 Å². The molecule has 22 heavy (non-hydrogen) atoms. The van der Waals surface area contributed by atoms with Gasteiger partial charge in [-0.15, -0.1) is 10.2 Å². The lowest BCUT2D eigenvalue weighted by molar-refractivity contribution is 0.0995.